The Morgan fingerprint density at radius 1 is 1.32 bits per heavy atom. The average Bonchev–Trinajstić information content (AvgIpc) is 2.48. The van der Waals surface area contributed by atoms with Crippen molar-refractivity contribution in [1.82, 2.24) is 0 Å². The lowest BCUT2D eigenvalue weighted by Gasteiger charge is -2.36. The average molecular weight is 326 g/mol. The molecule has 1 aliphatic carbocycles. The highest BCUT2D eigenvalue weighted by molar-refractivity contribution is 7.86. The van der Waals surface area contributed by atoms with E-state index < -0.39 is 21.8 Å². The second-order valence-corrected chi connectivity index (χ2v) is 8.09. The van der Waals surface area contributed by atoms with Crippen molar-refractivity contribution in [2.75, 3.05) is 0 Å². The van der Waals surface area contributed by atoms with Crippen LogP contribution in [0.4, 0.5) is 0 Å². The van der Waals surface area contributed by atoms with E-state index in [1.165, 1.54) is 0 Å². The third-order valence-electron chi connectivity index (χ3n) is 4.69. The van der Waals surface area contributed by atoms with Gasteiger partial charge in [-0.1, -0.05) is 38.8 Å². The van der Waals surface area contributed by atoms with E-state index in [0.717, 1.165) is 24.8 Å². The van der Waals surface area contributed by atoms with Crippen molar-refractivity contribution >= 4 is 10.1 Å². The van der Waals surface area contributed by atoms with Crippen molar-refractivity contribution in [2.24, 2.45) is 0 Å². The molecular formula is C17H26O4S. The highest BCUT2D eigenvalue weighted by atomic mass is 32.2. The van der Waals surface area contributed by atoms with Crippen LogP contribution >= 0.6 is 0 Å². The van der Waals surface area contributed by atoms with Crippen LogP contribution in [0.3, 0.4) is 0 Å². The van der Waals surface area contributed by atoms with Gasteiger partial charge in [0.05, 0.1) is 10.5 Å². The van der Waals surface area contributed by atoms with E-state index in [9.17, 15) is 13.5 Å². The van der Waals surface area contributed by atoms with Crippen LogP contribution in [0, 0.1) is 0 Å². The lowest BCUT2D eigenvalue weighted by Crippen LogP contribution is -2.44. The molecule has 1 aliphatic rings. The van der Waals surface area contributed by atoms with E-state index in [0.29, 0.717) is 18.8 Å². The van der Waals surface area contributed by atoms with E-state index in [-0.39, 0.29) is 4.90 Å². The molecule has 5 heteroatoms. The summed E-state index contributed by atoms with van der Waals surface area (Å²) in [6, 6.07) is 6.86. The second kappa shape index (κ2) is 6.69. The molecular weight excluding hydrogens is 300 g/mol. The zero-order valence-electron chi connectivity index (χ0n) is 13.6. The third-order valence-corrected chi connectivity index (χ3v) is 6.02. The fourth-order valence-corrected chi connectivity index (χ4v) is 4.03. The minimum absolute atomic E-state index is 0.154. The van der Waals surface area contributed by atoms with Gasteiger partial charge in [0.25, 0.3) is 10.1 Å². The Kier molecular flexibility index (Phi) is 5.30. The summed E-state index contributed by atoms with van der Waals surface area (Å²) in [5.41, 5.74) is 0.0354. The van der Waals surface area contributed by atoms with E-state index >= 15 is 0 Å². The quantitative estimate of drug-likeness (QED) is 0.840. The first kappa shape index (κ1) is 17.4. The molecule has 2 rings (SSSR count). The third kappa shape index (κ3) is 3.89. The largest absolute Gasteiger partial charge is 0.387 e. The number of hydrogen-bond donors (Lipinski definition) is 1. The zero-order chi connectivity index (χ0) is 16.4. The van der Waals surface area contributed by atoms with Crippen molar-refractivity contribution in [2.45, 2.75) is 75.4 Å². The van der Waals surface area contributed by atoms with Crippen LogP contribution in [0.2, 0.25) is 0 Å². The predicted molar refractivity (Wildman–Crippen MR) is 86.3 cm³/mol. The summed E-state index contributed by atoms with van der Waals surface area (Å²) in [5.74, 6) is 0.400. The summed E-state index contributed by atoms with van der Waals surface area (Å²) >= 11 is 0. The summed E-state index contributed by atoms with van der Waals surface area (Å²) in [5, 5.41) is 10.3. The molecule has 1 saturated carbocycles. The van der Waals surface area contributed by atoms with Crippen molar-refractivity contribution in [3.63, 3.8) is 0 Å². The van der Waals surface area contributed by atoms with Crippen molar-refractivity contribution < 1.29 is 17.7 Å². The van der Waals surface area contributed by atoms with E-state index in [1.807, 2.05) is 12.1 Å². The summed E-state index contributed by atoms with van der Waals surface area (Å²) in [6.45, 7) is 5.86. The minimum atomic E-state index is -3.84. The van der Waals surface area contributed by atoms with Gasteiger partial charge in [-0.15, -0.1) is 0 Å². The minimum Gasteiger partial charge on any atom is -0.387 e. The van der Waals surface area contributed by atoms with Gasteiger partial charge >= 0.3 is 0 Å². The van der Waals surface area contributed by atoms with Gasteiger partial charge in [0, 0.05) is 0 Å². The first-order valence-corrected chi connectivity index (χ1v) is 9.42. The van der Waals surface area contributed by atoms with Crippen LogP contribution in [0.15, 0.2) is 29.2 Å². The molecule has 0 aromatic heterocycles. The molecule has 1 aromatic carbocycles. The van der Waals surface area contributed by atoms with Gasteiger partial charge < -0.3 is 5.11 Å². The highest BCUT2D eigenvalue weighted by Crippen LogP contribution is 2.32. The van der Waals surface area contributed by atoms with Gasteiger partial charge in [-0.3, -0.25) is 4.18 Å². The molecule has 1 N–H and O–H groups in total. The SMILES string of the molecule is CCC(C)c1ccc(S(=O)(=O)OC2CCCC[C@@]2(C)O)cc1. The van der Waals surface area contributed by atoms with Gasteiger partial charge in [0.15, 0.2) is 0 Å². The molecule has 0 radical (unpaired) electrons. The Morgan fingerprint density at radius 2 is 1.95 bits per heavy atom. The number of rotatable bonds is 5. The first-order chi connectivity index (χ1) is 10.3. The Labute approximate surface area is 133 Å². The molecule has 1 aromatic rings. The highest BCUT2D eigenvalue weighted by Gasteiger charge is 2.38. The summed E-state index contributed by atoms with van der Waals surface area (Å²) in [7, 11) is -3.84. The smallest absolute Gasteiger partial charge is 0.297 e. The van der Waals surface area contributed by atoms with Crippen molar-refractivity contribution in [3.05, 3.63) is 29.8 Å². The summed E-state index contributed by atoms with van der Waals surface area (Å²) in [6.07, 6.45) is 3.26. The van der Waals surface area contributed by atoms with Crippen LogP contribution in [0.25, 0.3) is 0 Å². The Hall–Kier alpha value is -0.910. The molecule has 3 atom stereocenters. The number of aliphatic hydroxyl groups is 1. The fourth-order valence-electron chi connectivity index (χ4n) is 2.84. The molecule has 124 valence electrons. The first-order valence-electron chi connectivity index (χ1n) is 8.02. The van der Waals surface area contributed by atoms with E-state index in [2.05, 4.69) is 13.8 Å². The maximum Gasteiger partial charge on any atom is 0.297 e. The van der Waals surface area contributed by atoms with Crippen LogP contribution in [0.1, 0.15) is 64.4 Å². The summed E-state index contributed by atoms with van der Waals surface area (Å²) in [4.78, 5) is 0.154. The van der Waals surface area contributed by atoms with Gasteiger partial charge in [-0.05, 0) is 49.8 Å². The molecule has 0 saturated heterocycles. The second-order valence-electron chi connectivity index (χ2n) is 6.52. The normalized spacial score (nSPS) is 27.5. The Balaban J connectivity index is 2.16. The van der Waals surface area contributed by atoms with Crippen LogP contribution in [-0.4, -0.2) is 25.2 Å². The molecule has 2 unspecified atom stereocenters. The molecule has 4 nitrogen and oxygen atoms in total. The molecule has 22 heavy (non-hydrogen) atoms. The van der Waals surface area contributed by atoms with E-state index in [1.54, 1.807) is 19.1 Å². The lowest BCUT2D eigenvalue weighted by molar-refractivity contribution is -0.0712. The number of hydrogen-bond acceptors (Lipinski definition) is 4. The molecule has 0 bridgehead atoms. The van der Waals surface area contributed by atoms with Gasteiger partial charge in [0.1, 0.15) is 6.10 Å². The molecule has 0 amide bonds. The molecule has 1 fully saturated rings. The topological polar surface area (TPSA) is 63.6 Å². The van der Waals surface area contributed by atoms with Crippen LogP contribution in [-0.2, 0) is 14.3 Å². The van der Waals surface area contributed by atoms with Crippen LogP contribution in [0.5, 0.6) is 0 Å². The lowest BCUT2D eigenvalue weighted by atomic mass is 9.84. The molecule has 0 heterocycles. The standard InChI is InChI=1S/C17H26O4S/c1-4-13(2)14-8-10-15(11-9-14)22(19,20)21-16-7-5-6-12-17(16,3)18/h8-11,13,16,18H,4-7,12H2,1-3H3/t13?,16?,17-/m1/s1. The monoisotopic (exact) mass is 326 g/mol. The maximum atomic E-state index is 12.4. The summed E-state index contributed by atoms with van der Waals surface area (Å²) < 4.78 is 30.1. The Bertz CT molecular complexity index is 590. The van der Waals surface area contributed by atoms with Gasteiger partial charge in [0.2, 0.25) is 0 Å². The number of benzene rings is 1. The molecule has 0 aliphatic heterocycles. The van der Waals surface area contributed by atoms with Crippen LogP contribution < -0.4 is 0 Å². The van der Waals surface area contributed by atoms with Gasteiger partial charge in [-0.25, -0.2) is 0 Å². The zero-order valence-corrected chi connectivity index (χ0v) is 14.4. The van der Waals surface area contributed by atoms with Crippen molar-refractivity contribution in [3.8, 4) is 0 Å². The molecule has 0 spiro atoms. The van der Waals surface area contributed by atoms with Crippen molar-refractivity contribution in [1.29, 1.82) is 0 Å². The van der Waals surface area contributed by atoms with E-state index in [4.69, 9.17) is 4.18 Å². The van der Waals surface area contributed by atoms with Gasteiger partial charge in [-0.2, -0.15) is 8.42 Å². The predicted octanol–water partition coefficient (Wildman–Crippen LogP) is 3.60. The maximum absolute atomic E-state index is 12.4. The Morgan fingerprint density at radius 3 is 2.50 bits per heavy atom. The fraction of sp³-hybridized carbons (Fsp3) is 0.647.